The molecule has 1 atom stereocenters. The zero-order valence-electron chi connectivity index (χ0n) is 12.3. The Bertz CT molecular complexity index is 305. The molecule has 2 N–H and O–H groups in total. The Labute approximate surface area is 125 Å². The summed E-state index contributed by atoms with van der Waals surface area (Å²) in [6.45, 7) is 1.78. The van der Waals surface area contributed by atoms with Gasteiger partial charge in [0.15, 0.2) is 0 Å². The second kappa shape index (κ2) is 10.0. The van der Waals surface area contributed by atoms with Crippen LogP contribution < -0.4 is 5.73 Å². The van der Waals surface area contributed by atoms with Gasteiger partial charge in [0.05, 0.1) is 12.9 Å². The number of nitrogens with two attached hydrogens (primary N) is 1. The minimum Gasteiger partial charge on any atom is -0.468 e. The number of methoxy groups -OCH3 is 1. The predicted molar refractivity (Wildman–Crippen MR) is 81.6 cm³/mol. The summed E-state index contributed by atoms with van der Waals surface area (Å²) in [5.74, 6) is 1.01. The van der Waals surface area contributed by atoms with Crippen LogP contribution in [0.25, 0.3) is 0 Å². The van der Waals surface area contributed by atoms with E-state index in [0.717, 1.165) is 25.9 Å². The van der Waals surface area contributed by atoms with Crippen molar-refractivity contribution in [1.29, 1.82) is 0 Å². The highest BCUT2D eigenvalue weighted by Gasteiger charge is 2.16. The first-order valence-corrected chi connectivity index (χ1v) is 8.49. The quantitative estimate of drug-likeness (QED) is 0.593. The molecule has 1 unspecified atom stereocenters. The van der Waals surface area contributed by atoms with Crippen molar-refractivity contribution in [3.05, 3.63) is 0 Å². The molecule has 1 aliphatic heterocycles. The van der Waals surface area contributed by atoms with Crippen LogP contribution in [0.2, 0.25) is 0 Å². The second-order valence-corrected chi connectivity index (χ2v) is 6.22. The molecule has 20 heavy (non-hydrogen) atoms. The van der Waals surface area contributed by atoms with Crippen LogP contribution in [-0.2, 0) is 14.3 Å². The number of hydrogen-bond acceptors (Lipinski definition) is 5. The number of hydrogen-bond donors (Lipinski definition) is 1. The third-order valence-corrected chi connectivity index (χ3v) is 4.49. The number of carbonyl (C=O) groups is 2. The van der Waals surface area contributed by atoms with Gasteiger partial charge in [-0.3, -0.25) is 9.59 Å². The van der Waals surface area contributed by atoms with E-state index in [9.17, 15) is 9.59 Å². The summed E-state index contributed by atoms with van der Waals surface area (Å²) in [5, 5.41) is 0. The molecule has 1 aliphatic rings. The SMILES string of the molecule is COC(=O)C(N)CCSCC(=O)N1CCCCCCC1. The fraction of sp³-hybridized carbons (Fsp3) is 0.857. The smallest absolute Gasteiger partial charge is 0.322 e. The molecular formula is C14H26N2O3S. The third-order valence-electron chi connectivity index (χ3n) is 3.51. The number of nitrogens with zero attached hydrogens (tertiary/aromatic N) is 1. The van der Waals surface area contributed by atoms with Crippen LogP contribution in [0.1, 0.15) is 38.5 Å². The molecule has 0 radical (unpaired) electrons. The molecule has 0 spiro atoms. The molecule has 6 heteroatoms. The molecule has 1 saturated heterocycles. The van der Waals surface area contributed by atoms with Crippen LogP contribution in [0.5, 0.6) is 0 Å². The van der Waals surface area contributed by atoms with Crippen molar-refractivity contribution in [2.45, 2.75) is 44.6 Å². The molecule has 1 rings (SSSR count). The summed E-state index contributed by atoms with van der Waals surface area (Å²) in [7, 11) is 1.33. The van der Waals surface area contributed by atoms with Gasteiger partial charge >= 0.3 is 5.97 Å². The normalized spacial score (nSPS) is 18.0. The summed E-state index contributed by atoms with van der Waals surface area (Å²) in [5.41, 5.74) is 5.64. The van der Waals surface area contributed by atoms with Gasteiger partial charge in [0, 0.05) is 13.1 Å². The Hall–Kier alpha value is -0.750. The van der Waals surface area contributed by atoms with Crippen molar-refractivity contribution < 1.29 is 14.3 Å². The van der Waals surface area contributed by atoms with Crippen LogP contribution in [0.15, 0.2) is 0 Å². The van der Waals surface area contributed by atoms with Gasteiger partial charge in [-0.25, -0.2) is 0 Å². The van der Waals surface area contributed by atoms with Gasteiger partial charge in [-0.1, -0.05) is 19.3 Å². The lowest BCUT2D eigenvalue weighted by molar-refractivity contribution is -0.142. The summed E-state index contributed by atoms with van der Waals surface area (Å²) in [4.78, 5) is 25.2. The van der Waals surface area contributed by atoms with E-state index in [1.54, 1.807) is 11.8 Å². The average Bonchev–Trinajstić information content (AvgIpc) is 2.41. The predicted octanol–water partition coefficient (Wildman–Crippen LogP) is 1.40. The van der Waals surface area contributed by atoms with Crippen molar-refractivity contribution in [3.8, 4) is 0 Å². The van der Waals surface area contributed by atoms with E-state index in [0.29, 0.717) is 17.9 Å². The van der Waals surface area contributed by atoms with Crippen LogP contribution in [0.3, 0.4) is 0 Å². The number of likely N-dealkylation sites (tertiary alicyclic amines) is 1. The fourth-order valence-corrected chi connectivity index (χ4v) is 3.15. The maximum Gasteiger partial charge on any atom is 0.322 e. The standard InChI is InChI=1S/C14H26N2O3S/c1-19-14(18)12(15)7-10-20-11-13(17)16-8-5-3-2-4-6-9-16/h12H,2-11,15H2,1H3. The largest absolute Gasteiger partial charge is 0.468 e. The lowest BCUT2D eigenvalue weighted by Crippen LogP contribution is -2.35. The summed E-state index contributed by atoms with van der Waals surface area (Å²) in [6.07, 6.45) is 6.52. The zero-order chi connectivity index (χ0) is 14.8. The molecular weight excluding hydrogens is 276 g/mol. The van der Waals surface area contributed by atoms with Gasteiger partial charge in [-0.2, -0.15) is 11.8 Å². The van der Waals surface area contributed by atoms with Gasteiger partial charge in [0.25, 0.3) is 0 Å². The summed E-state index contributed by atoms with van der Waals surface area (Å²) in [6, 6.07) is -0.579. The van der Waals surface area contributed by atoms with Crippen molar-refractivity contribution in [2.75, 3.05) is 31.7 Å². The lowest BCUT2D eigenvalue weighted by Gasteiger charge is -2.24. The minimum absolute atomic E-state index is 0.212. The highest BCUT2D eigenvalue weighted by atomic mass is 32.2. The number of esters is 1. The molecule has 1 fully saturated rings. The molecule has 0 aromatic carbocycles. The highest BCUT2D eigenvalue weighted by molar-refractivity contribution is 7.99. The van der Waals surface area contributed by atoms with E-state index in [4.69, 9.17) is 5.73 Å². The maximum atomic E-state index is 12.1. The monoisotopic (exact) mass is 302 g/mol. The zero-order valence-corrected chi connectivity index (χ0v) is 13.1. The van der Waals surface area contributed by atoms with Gasteiger partial charge in [0.1, 0.15) is 6.04 Å². The first-order valence-electron chi connectivity index (χ1n) is 7.34. The van der Waals surface area contributed by atoms with Crippen LogP contribution in [0.4, 0.5) is 0 Å². The van der Waals surface area contributed by atoms with E-state index in [-0.39, 0.29) is 11.9 Å². The highest BCUT2D eigenvalue weighted by Crippen LogP contribution is 2.13. The van der Waals surface area contributed by atoms with Crippen molar-refractivity contribution in [1.82, 2.24) is 4.90 Å². The van der Waals surface area contributed by atoms with Gasteiger partial charge in [0.2, 0.25) is 5.91 Å². The minimum atomic E-state index is -0.579. The van der Waals surface area contributed by atoms with Crippen molar-refractivity contribution >= 4 is 23.6 Å². The number of carbonyl (C=O) groups excluding carboxylic acids is 2. The van der Waals surface area contributed by atoms with E-state index in [2.05, 4.69) is 4.74 Å². The number of amides is 1. The first kappa shape index (κ1) is 17.3. The van der Waals surface area contributed by atoms with Crippen molar-refractivity contribution in [3.63, 3.8) is 0 Å². The number of ether oxygens (including phenoxy) is 1. The molecule has 0 bridgehead atoms. The molecule has 0 aliphatic carbocycles. The molecule has 0 saturated carbocycles. The summed E-state index contributed by atoms with van der Waals surface area (Å²) < 4.78 is 4.56. The lowest BCUT2D eigenvalue weighted by atomic mass is 10.1. The molecule has 1 amide bonds. The second-order valence-electron chi connectivity index (χ2n) is 5.12. The summed E-state index contributed by atoms with van der Waals surface area (Å²) >= 11 is 1.54. The van der Waals surface area contributed by atoms with Crippen molar-refractivity contribution in [2.24, 2.45) is 5.73 Å². The van der Waals surface area contributed by atoms with Gasteiger partial charge in [-0.15, -0.1) is 0 Å². The number of rotatable bonds is 6. The molecule has 5 nitrogen and oxygen atoms in total. The molecule has 1 heterocycles. The number of thioether (sulfide) groups is 1. The Morgan fingerprint density at radius 1 is 1.20 bits per heavy atom. The molecule has 0 aromatic heterocycles. The Morgan fingerprint density at radius 3 is 2.40 bits per heavy atom. The van der Waals surface area contributed by atoms with Gasteiger partial charge in [-0.05, 0) is 25.0 Å². The Kier molecular flexibility index (Phi) is 8.69. The van der Waals surface area contributed by atoms with Crippen LogP contribution in [0, 0.1) is 0 Å². The van der Waals surface area contributed by atoms with Crippen LogP contribution in [-0.4, -0.2) is 54.5 Å². The average molecular weight is 302 g/mol. The van der Waals surface area contributed by atoms with E-state index >= 15 is 0 Å². The maximum absolute atomic E-state index is 12.1. The topological polar surface area (TPSA) is 72.6 Å². The molecule has 0 aromatic rings. The Morgan fingerprint density at radius 2 is 1.80 bits per heavy atom. The van der Waals surface area contributed by atoms with Crippen LogP contribution >= 0.6 is 11.8 Å². The van der Waals surface area contributed by atoms with E-state index < -0.39 is 6.04 Å². The van der Waals surface area contributed by atoms with Gasteiger partial charge < -0.3 is 15.4 Å². The van der Waals surface area contributed by atoms with E-state index in [1.165, 1.54) is 26.4 Å². The van der Waals surface area contributed by atoms with E-state index in [1.807, 2.05) is 4.90 Å². The fourth-order valence-electron chi connectivity index (χ4n) is 2.23. The molecule has 116 valence electrons. The Balaban J connectivity index is 2.16. The third kappa shape index (κ3) is 6.61. The first-order chi connectivity index (χ1) is 9.65.